The molecule has 538 valence electrons. The summed E-state index contributed by atoms with van der Waals surface area (Å²) >= 11 is 0. The molecule has 1 aromatic rings. The van der Waals surface area contributed by atoms with Gasteiger partial charge in [0.15, 0.2) is 35.8 Å². The van der Waals surface area contributed by atoms with Crippen LogP contribution in [0.2, 0.25) is 0 Å². The summed E-state index contributed by atoms with van der Waals surface area (Å²) in [5.74, 6) is -11.2. The number of carbonyl (C=O) groups is 10. The summed E-state index contributed by atoms with van der Waals surface area (Å²) in [6.07, 6.45) is -0.338. The van der Waals surface area contributed by atoms with Gasteiger partial charge in [-0.15, -0.1) is 0 Å². The molecule has 1 rings (SSSR count). The van der Waals surface area contributed by atoms with Gasteiger partial charge in [-0.1, -0.05) is 30.3 Å². The Morgan fingerprint density at radius 1 is 0.333 bits per heavy atom. The molecule has 9 atom stereocenters. The first-order valence-electron chi connectivity index (χ1n) is 31.2. The first kappa shape index (κ1) is 83.5. The monoisotopic (exact) mass is 1360 g/mol. The van der Waals surface area contributed by atoms with E-state index in [4.69, 9.17) is 86.0 Å². The van der Waals surface area contributed by atoms with E-state index in [-0.39, 0.29) is 165 Å². The number of hydrogen-bond donors (Lipinski definition) is 24. The predicted molar refractivity (Wildman–Crippen MR) is 362 cm³/mol. The third kappa shape index (κ3) is 38.5. The summed E-state index contributed by atoms with van der Waals surface area (Å²) in [5.41, 5.74) is 84.1. The smallest absolute Gasteiger partial charge is 0.326 e. The third-order valence-electron chi connectivity index (χ3n) is 14.0. The zero-order chi connectivity index (χ0) is 72.1. The average Bonchev–Trinajstić information content (AvgIpc) is 0.875. The number of nitrogens with zero attached hydrogens (tertiary/aromatic N) is 6. The molecule has 0 bridgehead atoms. The molecule has 0 aromatic heterocycles. The standard InChI is InChI=1S/C56H103N29O11/c57-23-5-4-15-33(78-42(87)32(58)14-6-24-72-51(60)61)47(92)85-40(30-31-12-2-1-3-13-31)49(94)82-36(18-9-27-75-54(66)67)44(89)79-35(17-8-26-74-53(64)65)45(90)83-38(21-22-41(59)86)48(93)81-34(16-7-25-73-52(62)63)43(88)80-37(19-10-28-76-55(68)69)46(91)84-39(50(95)96)20-11-29-77-56(70)71/h1-3,12-13,32-40H,4-11,14-30,57-58H2,(H2,59,86)(H,78,87)(H,79,89)(H,80,88)(H,81,93)(H,82,94)(H,83,90)(H,84,91)(H,85,92)(H,95,96)(H4,60,61,72)(H4,62,63,73)(H4,64,65,74)(H4,66,67,75)(H4,68,69,76)(H4,70,71,77)/t32-,33-,34-,35+,36-,37-,38-,39+,40-/m0/s1. The molecule has 40 heteroatoms. The Morgan fingerprint density at radius 2 is 0.594 bits per heavy atom. The predicted octanol–water partition coefficient (Wildman–Crippen LogP) is -9.76. The molecule has 0 aliphatic rings. The van der Waals surface area contributed by atoms with Crippen molar-refractivity contribution in [2.75, 3.05) is 45.8 Å². The molecule has 0 heterocycles. The molecular formula is C56H103N29O11. The number of guanidine groups is 6. The molecule has 40 nitrogen and oxygen atoms in total. The Morgan fingerprint density at radius 3 is 0.896 bits per heavy atom. The van der Waals surface area contributed by atoms with Crippen LogP contribution in [0, 0.1) is 0 Å². The van der Waals surface area contributed by atoms with Crippen molar-refractivity contribution in [3.05, 3.63) is 35.9 Å². The Balaban J connectivity index is 3.89. The summed E-state index contributed by atoms with van der Waals surface area (Å²) < 4.78 is 0. The summed E-state index contributed by atoms with van der Waals surface area (Å²) in [6, 6.07) is -4.48. The van der Waals surface area contributed by atoms with Gasteiger partial charge in [-0.3, -0.25) is 73.1 Å². The number of carboxylic acid groups (broad SMARTS) is 1. The fraction of sp³-hybridized carbons (Fsp3) is 0.607. The number of unbranched alkanes of at least 4 members (excludes halogenated alkanes) is 1. The van der Waals surface area contributed by atoms with Gasteiger partial charge in [-0.2, -0.15) is 0 Å². The van der Waals surface area contributed by atoms with Crippen LogP contribution in [0.15, 0.2) is 60.3 Å². The van der Waals surface area contributed by atoms with E-state index in [0.717, 1.165) is 0 Å². The highest BCUT2D eigenvalue weighted by molar-refractivity contribution is 5.98. The quantitative estimate of drug-likeness (QED) is 0.0164. The van der Waals surface area contributed by atoms with E-state index in [9.17, 15) is 53.1 Å². The lowest BCUT2D eigenvalue weighted by Crippen LogP contribution is -2.60. The SMILES string of the molecule is NCCCC[C@H](NC(=O)[C@@H](N)CCCN=C(N)N)C(=O)N[C@@H](Cc1ccccc1)C(=O)N[C@@H](CCCN=C(N)N)C(=O)N[C@H](CCCN=C(N)N)C(=O)N[C@@H](CCC(N)=O)C(=O)N[C@@H](CCCN=C(N)N)C(=O)N[C@@H](CCCN=C(N)N)C(=O)N[C@H](CCCN=C(N)N)C(=O)O. The lowest BCUT2D eigenvalue weighted by atomic mass is 10.0. The summed E-state index contributed by atoms with van der Waals surface area (Å²) in [7, 11) is 0. The second-order valence-electron chi connectivity index (χ2n) is 22.1. The van der Waals surface area contributed by atoms with Crippen molar-refractivity contribution < 1.29 is 53.1 Å². The van der Waals surface area contributed by atoms with E-state index in [0.29, 0.717) is 24.8 Å². The van der Waals surface area contributed by atoms with Crippen LogP contribution in [0.25, 0.3) is 0 Å². The van der Waals surface area contributed by atoms with Crippen LogP contribution in [0.5, 0.6) is 0 Å². The van der Waals surface area contributed by atoms with E-state index in [1.54, 1.807) is 30.3 Å². The van der Waals surface area contributed by atoms with Crippen LogP contribution in [-0.2, 0) is 54.4 Å². The number of rotatable bonds is 50. The second kappa shape index (κ2) is 47.4. The number of hydrogen-bond acceptors (Lipinski definition) is 18. The lowest BCUT2D eigenvalue weighted by molar-refractivity contribution is -0.142. The third-order valence-corrected chi connectivity index (χ3v) is 14.0. The van der Waals surface area contributed by atoms with Crippen molar-refractivity contribution >= 4 is 94.9 Å². The molecule has 0 fully saturated rings. The highest BCUT2D eigenvalue weighted by Gasteiger charge is 2.35. The molecule has 0 aliphatic carbocycles. The van der Waals surface area contributed by atoms with E-state index in [2.05, 4.69) is 72.5 Å². The van der Waals surface area contributed by atoms with Gasteiger partial charge in [0.05, 0.1) is 6.04 Å². The maximum atomic E-state index is 14.7. The molecule has 0 aliphatic heterocycles. The Kier molecular flexibility index (Phi) is 41.2. The Hall–Kier alpha value is -10.5. The summed E-state index contributed by atoms with van der Waals surface area (Å²) in [6.45, 7) is 0.296. The fourth-order valence-corrected chi connectivity index (χ4v) is 9.06. The first-order valence-corrected chi connectivity index (χ1v) is 31.2. The van der Waals surface area contributed by atoms with E-state index in [1.807, 2.05) is 0 Å². The highest BCUT2D eigenvalue weighted by atomic mass is 16.4. The van der Waals surface area contributed by atoms with Gasteiger partial charge in [-0.25, -0.2) is 4.79 Å². The van der Waals surface area contributed by atoms with Crippen LogP contribution in [0.4, 0.5) is 0 Å². The normalized spacial score (nSPS) is 13.5. The minimum Gasteiger partial charge on any atom is -0.480 e. The number of nitrogens with two attached hydrogens (primary N) is 15. The van der Waals surface area contributed by atoms with Crippen molar-refractivity contribution in [2.24, 2.45) is 116 Å². The van der Waals surface area contributed by atoms with E-state index < -0.39 is 126 Å². The molecule has 0 saturated carbocycles. The van der Waals surface area contributed by atoms with Crippen LogP contribution in [0.1, 0.15) is 115 Å². The number of amides is 9. The Labute approximate surface area is 556 Å². The molecule has 0 saturated heterocycles. The average molecular weight is 1360 g/mol. The number of carbonyl (C=O) groups excluding carboxylic acids is 9. The summed E-state index contributed by atoms with van der Waals surface area (Å²) in [5, 5.41) is 30.8. The number of carboxylic acids is 1. The van der Waals surface area contributed by atoms with Crippen molar-refractivity contribution in [2.45, 2.75) is 170 Å². The molecule has 1 aromatic carbocycles. The van der Waals surface area contributed by atoms with Crippen LogP contribution < -0.4 is 129 Å². The second-order valence-corrected chi connectivity index (χ2v) is 22.1. The van der Waals surface area contributed by atoms with Crippen LogP contribution >= 0.6 is 0 Å². The molecule has 39 N–H and O–H groups in total. The van der Waals surface area contributed by atoms with Gasteiger partial charge in [-0.05, 0) is 115 Å². The van der Waals surface area contributed by atoms with Gasteiger partial charge >= 0.3 is 5.97 Å². The number of nitrogens with one attached hydrogen (secondary N) is 8. The van der Waals surface area contributed by atoms with E-state index >= 15 is 0 Å². The van der Waals surface area contributed by atoms with Crippen molar-refractivity contribution in [3.8, 4) is 0 Å². The zero-order valence-corrected chi connectivity index (χ0v) is 54.1. The highest BCUT2D eigenvalue weighted by Crippen LogP contribution is 2.13. The minimum atomic E-state index is -1.70. The molecule has 0 radical (unpaired) electrons. The number of aliphatic imine (C=N–C) groups is 6. The first-order chi connectivity index (χ1) is 45.4. The topological polar surface area (TPSA) is 752 Å². The van der Waals surface area contributed by atoms with Crippen molar-refractivity contribution in [1.82, 2.24) is 42.5 Å². The van der Waals surface area contributed by atoms with E-state index in [1.165, 1.54) is 0 Å². The molecule has 0 unspecified atom stereocenters. The van der Waals surface area contributed by atoms with Crippen LogP contribution in [0.3, 0.4) is 0 Å². The largest absolute Gasteiger partial charge is 0.480 e. The van der Waals surface area contributed by atoms with Gasteiger partial charge in [0, 0.05) is 52.1 Å². The zero-order valence-electron chi connectivity index (χ0n) is 54.1. The van der Waals surface area contributed by atoms with Gasteiger partial charge < -0.3 is 134 Å². The maximum Gasteiger partial charge on any atom is 0.326 e. The fourth-order valence-electron chi connectivity index (χ4n) is 9.06. The van der Waals surface area contributed by atoms with Crippen LogP contribution in [-0.4, -0.2) is 200 Å². The number of primary amides is 1. The van der Waals surface area contributed by atoms with Crippen molar-refractivity contribution in [1.29, 1.82) is 0 Å². The Bertz CT molecular complexity index is 2820. The summed E-state index contributed by atoms with van der Waals surface area (Å²) in [4.78, 5) is 163. The number of benzene rings is 1. The minimum absolute atomic E-state index is 0.0108. The molecular weight excluding hydrogens is 1250 g/mol. The maximum absolute atomic E-state index is 14.7. The molecule has 96 heavy (non-hydrogen) atoms. The molecule has 9 amide bonds. The van der Waals surface area contributed by atoms with Crippen molar-refractivity contribution in [3.63, 3.8) is 0 Å². The number of aliphatic carboxylic acids is 1. The molecule has 0 spiro atoms. The lowest BCUT2D eigenvalue weighted by Gasteiger charge is -2.28. The van der Waals surface area contributed by atoms with Gasteiger partial charge in [0.1, 0.15) is 48.3 Å². The van der Waals surface area contributed by atoms with Gasteiger partial charge in [0.25, 0.3) is 0 Å². The van der Waals surface area contributed by atoms with Gasteiger partial charge in [0.2, 0.25) is 53.2 Å².